The summed E-state index contributed by atoms with van der Waals surface area (Å²) < 4.78 is 0. The Bertz CT molecular complexity index is 769. The minimum Gasteiger partial charge on any atom is -0.480 e. The summed E-state index contributed by atoms with van der Waals surface area (Å²) in [5.41, 5.74) is 4.59. The zero-order valence-corrected chi connectivity index (χ0v) is 15.2. The minimum absolute atomic E-state index is 0.130. The fourth-order valence-corrected chi connectivity index (χ4v) is 3.85. The molecule has 0 amide bonds. The number of hydrogen-bond donors (Lipinski definition) is 2. The molecule has 1 aliphatic carbocycles. The molecule has 1 heterocycles. The van der Waals surface area contributed by atoms with Crippen molar-refractivity contribution >= 4 is 22.6 Å². The summed E-state index contributed by atoms with van der Waals surface area (Å²) in [6.07, 6.45) is 2.92. The third-order valence-electron chi connectivity index (χ3n) is 5.28. The van der Waals surface area contributed by atoms with Gasteiger partial charge in [-0.15, -0.1) is 0 Å². The van der Waals surface area contributed by atoms with Crippen molar-refractivity contribution in [1.29, 1.82) is 0 Å². The first-order valence-corrected chi connectivity index (χ1v) is 9.14. The number of hydrogen-bond acceptors (Lipinski definition) is 4. The van der Waals surface area contributed by atoms with Crippen molar-refractivity contribution in [3.05, 3.63) is 35.5 Å². The van der Waals surface area contributed by atoms with E-state index in [1.807, 2.05) is 13.0 Å². The Morgan fingerprint density at radius 1 is 1.32 bits per heavy atom. The second-order valence-electron chi connectivity index (χ2n) is 6.84. The number of benzene rings is 1. The molecule has 1 saturated carbocycles. The van der Waals surface area contributed by atoms with E-state index >= 15 is 0 Å². The number of carboxylic acids is 1. The van der Waals surface area contributed by atoms with Crippen molar-refractivity contribution in [2.24, 2.45) is 0 Å². The lowest BCUT2D eigenvalue weighted by Gasteiger charge is -2.43. The fourth-order valence-electron chi connectivity index (χ4n) is 3.85. The van der Waals surface area contributed by atoms with Crippen LogP contribution in [0.5, 0.6) is 0 Å². The van der Waals surface area contributed by atoms with E-state index in [4.69, 9.17) is 10.1 Å². The molecule has 0 atom stereocenters. The van der Waals surface area contributed by atoms with Gasteiger partial charge in [0.2, 0.25) is 0 Å². The molecular formula is C20H27N3O2. The summed E-state index contributed by atoms with van der Waals surface area (Å²) >= 11 is 0. The predicted octanol–water partition coefficient (Wildman–Crippen LogP) is 3.46. The highest BCUT2D eigenvalue weighted by Crippen LogP contribution is 2.34. The SMILES string of the molecule is CCc1c(C)nc2ccccc2c1NC1CC(N(CC)CC(=O)O)C1. The van der Waals surface area contributed by atoms with Crippen molar-refractivity contribution in [3.8, 4) is 0 Å². The van der Waals surface area contributed by atoms with Crippen LogP contribution in [-0.2, 0) is 11.2 Å². The van der Waals surface area contributed by atoms with Crippen molar-refractivity contribution in [2.75, 3.05) is 18.4 Å². The number of aliphatic carboxylic acids is 1. The average molecular weight is 341 g/mol. The number of nitrogens with one attached hydrogen (secondary N) is 1. The molecule has 1 fully saturated rings. The normalized spacial score (nSPS) is 19.8. The van der Waals surface area contributed by atoms with Gasteiger partial charge in [0.1, 0.15) is 0 Å². The van der Waals surface area contributed by atoms with Gasteiger partial charge in [0, 0.05) is 28.9 Å². The number of pyridine rings is 1. The fraction of sp³-hybridized carbons (Fsp3) is 0.500. The van der Waals surface area contributed by atoms with Gasteiger partial charge in [0.25, 0.3) is 0 Å². The second-order valence-corrected chi connectivity index (χ2v) is 6.84. The number of fused-ring (bicyclic) bond motifs is 1. The molecule has 1 aliphatic rings. The Morgan fingerprint density at radius 3 is 2.68 bits per heavy atom. The van der Waals surface area contributed by atoms with Gasteiger partial charge in [0.05, 0.1) is 12.1 Å². The summed E-state index contributed by atoms with van der Waals surface area (Å²) in [5.74, 6) is -0.748. The highest BCUT2D eigenvalue weighted by molar-refractivity contribution is 5.93. The van der Waals surface area contributed by atoms with E-state index in [0.717, 1.165) is 37.0 Å². The van der Waals surface area contributed by atoms with Crippen molar-refractivity contribution < 1.29 is 9.90 Å². The molecule has 2 aromatic rings. The molecule has 0 spiro atoms. The lowest BCUT2D eigenvalue weighted by Crippen LogP contribution is -2.51. The highest BCUT2D eigenvalue weighted by atomic mass is 16.4. The molecule has 0 unspecified atom stereocenters. The van der Waals surface area contributed by atoms with E-state index in [0.29, 0.717) is 12.1 Å². The Balaban J connectivity index is 1.77. The van der Waals surface area contributed by atoms with Gasteiger partial charge in [-0.1, -0.05) is 32.0 Å². The van der Waals surface area contributed by atoms with E-state index in [1.54, 1.807) is 0 Å². The summed E-state index contributed by atoms with van der Waals surface area (Å²) in [6, 6.07) is 9.01. The van der Waals surface area contributed by atoms with Crippen molar-refractivity contribution in [2.45, 2.75) is 52.1 Å². The van der Waals surface area contributed by atoms with Crippen LogP contribution < -0.4 is 5.32 Å². The molecule has 25 heavy (non-hydrogen) atoms. The van der Waals surface area contributed by atoms with Crippen molar-refractivity contribution in [1.82, 2.24) is 9.88 Å². The second kappa shape index (κ2) is 7.40. The number of aromatic nitrogens is 1. The molecule has 0 radical (unpaired) electrons. The van der Waals surface area contributed by atoms with E-state index in [1.165, 1.54) is 16.6 Å². The van der Waals surface area contributed by atoms with Gasteiger partial charge >= 0.3 is 5.97 Å². The lowest BCUT2D eigenvalue weighted by molar-refractivity contribution is -0.139. The maximum Gasteiger partial charge on any atom is 0.317 e. The van der Waals surface area contributed by atoms with E-state index in [2.05, 4.69) is 42.3 Å². The van der Waals surface area contributed by atoms with Crippen LogP contribution in [0.3, 0.4) is 0 Å². The molecule has 3 rings (SSSR count). The first-order valence-electron chi connectivity index (χ1n) is 9.14. The van der Waals surface area contributed by atoms with Crippen molar-refractivity contribution in [3.63, 3.8) is 0 Å². The van der Waals surface area contributed by atoms with Crippen LogP contribution >= 0.6 is 0 Å². The quantitative estimate of drug-likeness (QED) is 0.807. The molecule has 5 nitrogen and oxygen atoms in total. The van der Waals surface area contributed by atoms with Gasteiger partial charge in [-0.3, -0.25) is 14.7 Å². The standard InChI is InChI=1S/C20H27N3O2/c1-4-16-13(3)21-18-9-7-6-8-17(18)20(16)22-14-10-15(11-14)23(5-2)12-19(24)25/h6-9,14-15H,4-5,10-12H2,1-3H3,(H,21,22)(H,24,25). The molecule has 134 valence electrons. The van der Waals surface area contributed by atoms with Gasteiger partial charge in [-0.2, -0.15) is 0 Å². The van der Waals surface area contributed by atoms with Crippen LogP contribution in [0, 0.1) is 6.92 Å². The van der Waals surface area contributed by atoms with Gasteiger partial charge < -0.3 is 10.4 Å². The summed E-state index contributed by atoms with van der Waals surface area (Å²) in [6.45, 7) is 7.18. The monoisotopic (exact) mass is 341 g/mol. The highest BCUT2D eigenvalue weighted by Gasteiger charge is 2.34. The summed E-state index contributed by atoms with van der Waals surface area (Å²) in [4.78, 5) is 17.8. The third-order valence-corrected chi connectivity index (χ3v) is 5.28. The molecule has 1 aromatic heterocycles. The Labute approximate surface area is 149 Å². The topological polar surface area (TPSA) is 65.5 Å². The lowest BCUT2D eigenvalue weighted by atomic mass is 9.84. The number of carbonyl (C=O) groups is 1. The number of aryl methyl sites for hydroxylation is 1. The van der Waals surface area contributed by atoms with Gasteiger partial charge in [-0.05, 0) is 44.4 Å². The number of likely N-dealkylation sites (N-methyl/N-ethyl adjacent to an activating group) is 1. The largest absolute Gasteiger partial charge is 0.480 e. The first kappa shape index (κ1) is 17.7. The van der Waals surface area contributed by atoms with Crippen LogP contribution in [0.2, 0.25) is 0 Å². The van der Waals surface area contributed by atoms with Crippen LogP contribution in [0.15, 0.2) is 24.3 Å². The Morgan fingerprint density at radius 2 is 2.04 bits per heavy atom. The molecule has 1 aromatic carbocycles. The minimum atomic E-state index is -0.748. The predicted molar refractivity (Wildman–Crippen MR) is 101 cm³/mol. The third kappa shape index (κ3) is 3.61. The number of anilines is 1. The summed E-state index contributed by atoms with van der Waals surface area (Å²) in [5, 5.41) is 13.9. The van der Waals surface area contributed by atoms with Crippen LogP contribution in [-0.4, -0.2) is 46.1 Å². The molecule has 0 aliphatic heterocycles. The number of carboxylic acid groups (broad SMARTS) is 1. The van der Waals surface area contributed by atoms with Gasteiger partial charge in [-0.25, -0.2) is 0 Å². The van der Waals surface area contributed by atoms with Crippen LogP contribution in [0.4, 0.5) is 5.69 Å². The molecule has 0 bridgehead atoms. The zero-order chi connectivity index (χ0) is 18.0. The molecule has 2 N–H and O–H groups in total. The number of rotatable bonds is 7. The Kier molecular flexibility index (Phi) is 5.23. The number of nitrogens with zero attached hydrogens (tertiary/aromatic N) is 2. The average Bonchev–Trinajstić information content (AvgIpc) is 2.55. The zero-order valence-electron chi connectivity index (χ0n) is 15.2. The maximum atomic E-state index is 11.0. The van der Waals surface area contributed by atoms with Crippen LogP contribution in [0.1, 0.15) is 37.9 Å². The molecule has 0 saturated heterocycles. The van der Waals surface area contributed by atoms with E-state index in [9.17, 15) is 4.79 Å². The molecular weight excluding hydrogens is 314 g/mol. The summed E-state index contributed by atoms with van der Waals surface area (Å²) in [7, 11) is 0. The maximum absolute atomic E-state index is 11.0. The van der Waals surface area contributed by atoms with Crippen LogP contribution in [0.25, 0.3) is 10.9 Å². The molecule has 5 heteroatoms. The Hall–Kier alpha value is -2.14. The first-order chi connectivity index (χ1) is 12.0. The number of para-hydroxylation sites is 1. The van der Waals surface area contributed by atoms with E-state index < -0.39 is 5.97 Å². The smallest absolute Gasteiger partial charge is 0.317 e. The van der Waals surface area contributed by atoms with E-state index in [-0.39, 0.29) is 6.54 Å². The van der Waals surface area contributed by atoms with Gasteiger partial charge in [0.15, 0.2) is 0 Å².